The number of aromatic nitrogens is 1. The molecule has 2 rings (SSSR count). The quantitative estimate of drug-likeness (QED) is 0.696. The van der Waals surface area contributed by atoms with Crippen LogP contribution in [0.5, 0.6) is 0 Å². The lowest BCUT2D eigenvalue weighted by Gasteiger charge is -1.88. The number of rotatable bonds is 0. The number of hydrogen-bond acceptors (Lipinski definition) is 3. The first kappa shape index (κ1) is 9.47. The number of pyridine rings is 1. The molecule has 70 valence electrons. The van der Waals surface area contributed by atoms with E-state index in [0.717, 1.165) is 15.1 Å². The Hall–Kier alpha value is -1.08. The van der Waals surface area contributed by atoms with Crippen LogP contribution in [-0.2, 0) is 0 Å². The van der Waals surface area contributed by atoms with Gasteiger partial charge in [-0.25, -0.2) is 0 Å². The average molecular weight is 224 g/mol. The normalized spacial score (nSPS) is 9.86. The summed E-state index contributed by atoms with van der Waals surface area (Å²) in [4.78, 5) is 5.04. The second-order valence-corrected chi connectivity index (χ2v) is 4.04. The largest absolute Gasteiger partial charge is 0.384 e. The van der Waals surface area contributed by atoms with Gasteiger partial charge in [0.2, 0.25) is 0 Å². The van der Waals surface area contributed by atoms with Crippen LogP contribution < -0.4 is 0 Å². The van der Waals surface area contributed by atoms with Crippen molar-refractivity contribution in [1.82, 2.24) is 4.98 Å². The smallest absolute Gasteiger partial charge is 0.104 e. The third-order valence-corrected chi connectivity index (χ3v) is 3.15. The van der Waals surface area contributed by atoms with Crippen molar-refractivity contribution in [2.45, 2.75) is 0 Å². The van der Waals surface area contributed by atoms with Gasteiger partial charge in [-0.15, -0.1) is 11.3 Å². The van der Waals surface area contributed by atoms with Crippen LogP contribution in [0.3, 0.4) is 0 Å². The van der Waals surface area contributed by atoms with Crippen molar-refractivity contribution < 1.29 is 5.11 Å². The highest BCUT2D eigenvalue weighted by Gasteiger charge is 2.03. The van der Waals surface area contributed by atoms with Crippen molar-refractivity contribution >= 4 is 33.2 Å². The summed E-state index contributed by atoms with van der Waals surface area (Å²) >= 11 is 7.46. The van der Waals surface area contributed by atoms with Crippen LogP contribution in [0.1, 0.15) is 4.88 Å². The molecule has 0 saturated carbocycles. The van der Waals surface area contributed by atoms with Crippen molar-refractivity contribution in [3.05, 3.63) is 28.2 Å². The van der Waals surface area contributed by atoms with E-state index in [1.807, 2.05) is 6.07 Å². The molecule has 0 spiro atoms. The minimum atomic E-state index is -0.130. The van der Waals surface area contributed by atoms with Gasteiger partial charge in [0, 0.05) is 6.20 Å². The Bertz CT molecular complexity index is 524. The molecule has 0 atom stereocenters. The molecular weight excluding hydrogens is 218 g/mol. The van der Waals surface area contributed by atoms with Crippen LogP contribution in [0.25, 0.3) is 10.2 Å². The number of hydrogen-bond donors (Lipinski definition) is 1. The van der Waals surface area contributed by atoms with Crippen LogP contribution in [0.2, 0.25) is 5.02 Å². The van der Waals surface area contributed by atoms with E-state index in [0.29, 0.717) is 5.02 Å². The molecule has 0 aliphatic carbocycles. The van der Waals surface area contributed by atoms with Gasteiger partial charge >= 0.3 is 0 Å². The molecule has 0 fully saturated rings. The summed E-state index contributed by atoms with van der Waals surface area (Å²) in [6.45, 7) is -0.130. The van der Waals surface area contributed by atoms with E-state index in [-0.39, 0.29) is 6.61 Å². The Morgan fingerprint density at radius 2 is 2.43 bits per heavy atom. The summed E-state index contributed by atoms with van der Waals surface area (Å²) in [5, 5.41) is 9.24. The van der Waals surface area contributed by atoms with Gasteiger partial charge in [-0.1, -0.05) is 23.4 Å². The van der Waals surface area contributed by atoms with E-state index in [2.05, 4.69) is 16.8 Å². The lowest BCUT2D eigenvalue weighted by atomic mass is 10.4. The minimum Gasteiger partial charge on any atom is -0.384 e. The molecule has 0 aliphatic rings. The van der Waals surface area contributed by atoms with Crippen molar-refractivity contribution in [2.24, 2.45) is 0 Å². The molecule has 4 heteroatoms. The summed E-state index contributed by atoms with van der Waals surface area (Å²) in [5.74, 6) is 5.42. The van der Waals surface area contributed by atoms with Crippen LogP contribution in [0.4, 0.5) is 0 Å². The Morgan fingerprint density at radius 3 is 3.14 bits per heavy atom. The predicted molar refractivity (Wildman–Crippen MR) is 58.6 cm³/mol. The van der Waals surface area contributed by atoms with Gasteiger partial charge in [-0.3, -0.25) is 4.98 Å². The summed E-state index contributed by atoms with van der Waals surface area (Å²) in [6.07, 6.45) is 1.67. The lowest BCUT2D eigenvalue weighted by molar-refractivity contribution is 0.350. The Balaban J connectivity index is 2.57. The average Bonchev–Trinajstić information content (AvgIpc) is 2.59. The molecule has 0 radical (unpaired) electrons. The number of aliphatic hydroxyl groups is 1. The second-order valence-electron chi connectivity index (χ2n) is 2.58. The Labute approximate surface area is 90.2 Å². The van der Waals surface area contributed by atoms with Crippen molar-refractivity contribution in [1.29, 1.82) is 0 Å². The Kier molecular flexibility index (Phi) is 2.69. The van der Waals surface area contributed by atoms with Crippen LogP contribution in [0.15, 0.2) is 18.3 Å². The third kappa shape index (κ3) is 1.73. The molecule has 0 saturated heterocycles. The third-order valence-electron chi connectivity index (χ3n) is 1.65. The van der Waals surface area contributed by atoms with Crippen LogP contribution in [0, 0.1) is 11.8 Å². The molecule has 0 aliphatic heterocycles. The van der Waals surface area contributed by atoms with E-state index in [1.165, 1.54) is 11.3 Å². The van der Waals surface area contributed by atoms with E-state index < -0.39 is 0 Å². The summed E-state index contributed by atoms with van der Waals surface area (Å²) in [5.41, 5.74) is 0.852. The Morgan fingerprint density at radius 1 is 1.57 bits per heavy atom. The molecule has 0 amide bonds. The second kappa shape index (κ2) is 3.97. The predicted octanol–water partition coefficient (Wildman–Crippen LogP) is 2.29. The first-order valence-electron chi connectivity index (χ1n) is 3.95. The first-order chi connectivity index (χ1) is 6.81. The highest BCUT2D eigenvalue weighted by molar-refractivity contribution is 7.20. The van der Waals surface area contributed by atoms with Crippen molar-refractivity contribution in [3.8, 4) is 11.8 Å². The van der Waals surface area contributed by atoms with Gasteiger partial charge in [0.25, 0.3) is 0 Å². The summed E-state index contributed by atoms with van der Waals surface area (Å²) in [6, 6.07) is 3.62. The van der Waals surface area contributed by atoms with Gasteiger partial charge in [0.1, 0.15) is 6.61 Å². The first-order valence-corrected chi connectivity index (χ1v) is 5.14. The SMILES string of the molecule is OCC#Cc1cc2nccc(Cl)c2s1. The van der Waals surface area contributed by atoms with Gasteiger partial charge < -0.3 is 5.11 Å². The van der Waals surface area contributed by atoms with E-state index in [4.69, 9.17) is 16.7 Å². The minimum absolute atomic E-state index is 0.130. The lowest BCUT2D eigenvalue weighted by Crippen LogP contribution is -1.71. The topological polar surface area (TPSA) is 33.1 Å². The zero-order valence-electron chi connectivity index (χ0n) is 7.12. The molecule has 14 heavy (non-hydrogen) atoms. The highest BCUT2D eigenvalue weighted by Crippen LogP contribution is 2.29. The summed E-state index contributed by atoms with van der Waals surface area (Å²) < 4.78 is 0.941. The number of fused-ring (bicyclic) bond motifs is 1. The maximum absolute atomic E-state index is 8.55. The van der Waals surface area contributed by atoms with Crippen LogP contribution >= 0.6 is 22.9 Å². The molecule has 2 aromatic rings. The molecular formula is C10H6ClNOS. The monoisotopic (exact) mass is 223 g/mol. The summed E-state index contributed by atoms with van der Waals surface area (Å²) in [7, 11) is 0. The number of halogens is 1. The standard InChI is InChI=1S/C10H6ClNOS/c11-8-3-4-12-9-6-7(2-1-5-13)14-10(8)9/h3-4,6,13H,5H2. The van der Waals surface area contributed by atoms with E-state index >= 15 is 0 Å². The molecule has 0 bridgehead atoms. The van der Waals surface area contributed by atoms with Crippen LogP contribution in [-0.4, -0.2) is 16.7 Å². The maximum atomic E-state index is 8.55. The number of aliphatic hydroxyl groups excluding tert-OH is 1. The fourth-order valence-corrected chi connectivity index (χ4v) is 2.26. The number of thiophene rings is 1. The zero-order chi connectivity index (χ0) is 9.97. The van der Waals surface area contributed by atoms with E-state index in [1.54, 1.807) is 12.3 Å². The zero-order valence-corrected chi connectivity index (χ0v) is 8.69. The maximum Gasteiger partial charge on any atom is 0.104 e. The molecule has 2 nitrogen and oxygen atoms in total. The van der Waals surface area contributed by atoms with E-state index in [9.17, 15) is 0 Å². The molecule has 0 unspecified atom stereocenters. The molecule has 1 N–H and O–H groups in total. The van der Waals surface area contributed by atoms with Gasteiger partial charge in [-0.2, -0.15) is 0 Å². The van der Waals surface area contributed by atoms with Crippen molar-refractivity contribution in [2.75, 3.05) is 6.61 Å². The molecule has 2 heterocycles. The molecule has 2 aromatic heterocycles. The van der Waals surface area contributed by atoms with Crippen molar-refractivity contribution in [3.63, 3.8) is 0 Å². The molecule has 0 aromatic carbocycles. The van der Waals surface area contributed by atoms with Gasteiger partial charge in [0.05, 0.1) is 20.1 Å². The fourth-order valence-electron chi connectivity index (χ4n) is 1.10. The number of nitrogens with zero attached hydrogens (tertiary/aromatic N) is 1. The highest BCUT2D eigenvalue weighted by atomic mass is 35.5. The fraction of sp³-hybridized carbons (Fsp3) is 0.100. The van der Waals surface area contributed by atoms with Gasteiger partial charge in [-0.05, 0) is 12.1 Å². The van der Waals surface area contributed by atoms with Gasteiger partial charge in [0.15, 0.2) is 0 Å².